The summed E-state index contributed by atoms with van der Waals surface area (Å²) in [6.07, 6.45) is 2.47. The summed E-state index contributed by atoms with van der Waals surface area (Å²) < 4.78 is 17.0. The molecule has 0 spiro atoms. The largest absolute Gasteiger partial charge is 0.493 e. The number of nitrogens with zero attached hydrogens (tertiary/aromatic N) is 2. The minimum Gasteiger partial charge on any atom is -0.493 e. The van der Waals surface area contributed by atoms with Crippen molar-refractivity contribution in [2.24, 2.45) is 4.99 Å². The molecule has 0 atom stereocenters. The Kier molecular flexibility index (Phi) is 10.2. The van der Waals surface area contributed by atoms with Crippen LogP contribution in [-0.2, 0) is 11.3 Å². The lowest BCUT2D eigenvalue weighted by molar-refractivity contribution is 0.0263. The van der Waals surface area contributed by atoms with Gasteiger partial charge in [0, 0.05) is 33.3 Å². The van der Waals surface area contributed by atoms with Crippen LogP contribution >= 0.6 is 24.0 Å². The van der Waals surface area contributed by atoms with Gasteiger partial charge in [-0.3, -0.25) is 4.99 Å². The number of para-hydroxylation sites is 2. The van der Waals surface area contributed by atoms with Crippen LogP contribution in [-0.4, -0.2) is 50.8 Å². The maximum absolute atomic E-state index is 5.94. The Morgan fingerprint density at radius 2 is 1.73 bits per heavy atom. The smallest absolute Gasteiger partial charge is 0.193 e. The third-order valence-corrected chi connectivity index (χ3v) is 5.03. The van der Waals surface area contributed by atoms with Crippen molar-refractivity contribution in [1.29, 1.82) is 0 Å². The number of benzene rings is 2. The first-order chi connectivity index (χ1) is 14.2. The highest BCUT2D eigenvalue weighted by molar-refractivity contribution is 14.0. The second kappa shape index (κ2) is 12.6. The summed E-state index contributed by atoms with van der Waals surface area (Å²) in [6.45, 7) is 5.49. The molecule has 3 rings (SSSR count). The van der Waals surface area contributed by atoms with E-state index in [1.165, 1.54) is 5.56 Å². The topological polar surface area (TPSA) is 55.3 Å². The van der Waals surface area contributed by atoms with E-state index in [9.17, 15) is 0 Å². The molecule has 2 aromatic carbocycles. The number of likely N-dealkylation sites (tertiary alicyclic amines) is 1. The Morgan fingerprint density at radius 1 is 1.07 bits per heavy atom. The van der Waals surface area contributed by atoms with Gasteiger partial charge in [0.2, 0.25) is 0 Å². The van der Waals surface area contributed by atoms with Crippen LogP contribution in [0.3, 0.4) is 0 Å². The maximum Gasteiger partial charge on any atom is 0.193 e. The minimum atomic E-state index is 0. The molecule has 1 fully saturated rings. The SMILES string of the molecule is CCOC1CCN(C(=NC)NCc2ccc(Oc3ccccc3OC)cc2)CC1.I. The zero-order valence-corrected chi connectivity index (χ0v) is 20.3. The molecule has 0 unspecified atom stereocenters. The van der Waals surface area contributed by atoms with Crippen molar-refractivity contribution in [1.82, 2.24) is 10.2 Å². The van der Waals surface area contributed by atoms with Crippen LogP contribution in [0.2, 0.25) is 0 Å². The van der Waals surface area contributed by atoms with E-state index in [1.807, 2.05) is 43.4 Å². The van der Waals surface area contributed by atoms with Crippen molar-refractivity contribution in [2.75, 3.05) is 33.9 Å². The van der Waals surface area contributed by atoms with Crippen molar-refractivity contribution in [3.05, 3.63) is 54.1 Å². The first-order valence-electron chi connectivity index (χ1n) is 10.2. The van der Waals surface area contributed by atoms with Crippen LogP contribution in [0.5, 0.6) is 17.2 Å². The lowest BCUT2D eigenvalue weighted by Gasteiger charge is -2.34. The Bertz CT molecular complexity index is 791. The number of halogens is 1. The normalized spacial score (nSPS) is 14.8. The molecule has 1 aliphatic heterocycles. The molecule has 2 aromatic rings. The number of rotatable bonds is 7. The summed E-state index contributed by atoms with van der Waals surface area (Å²) in [7, 11) is 3.48. The predicted octanol–water partition coefficient (Wildman–Crippen LogP) is 4.68. The number of nitrogens with one attached hydrogen (secondary N) is 1. The molecule has 0 amide bonds. The van der Waals surface area contributed by atoms with Gasteiger partial charge in [-0.1, -0.05) is 24.3 Å². The van der Waals surface area contributed by atoms with Crippen LogP contribution in [0, 0.1) is 0 Å². The van der Waals surface area contributed by atoms with Gasteiger partial charge in [-0.15, -0.1) is 24.0 Å². The van der Waals surface area contributed by atoms with E-state index in [0.717, 1.165) is 50.0 Å². The van der Waals surface area contributed by atoms with Gasteiger partial charge in [-0.05, 0) is 49.6 Å². The summed E-state index contributed by atoms with van der Waals surface area (Å²) in [5, 5.41) is 3.46. The first-order valence-corrected chi connectivity index (χ1v) is 10.2. The Morgan fingerprint density at radius 3 is 2.33 bits per heavy atom. The third-order valence-electron chi connectivity index (χ3n) is 5.03. The summed E-state index contributed by atoms with van der Waals surface area (Å²) in [5.74, 6) is 3.14. The summed E-state index contributed by atoms with van der Waals surface area (Å²) in [5.41, 5.74) is 1.17. The van der Waals surface area contributed by atoms with Crippen LogP contribution in [0.1, 0.15) is 25.3 Å². The Hall–Kier alpha value is -2.00. The number of hydrogen-bond acceptors (Lipinski definition) is 4. The third kappa shape index (κ3) is 6.77. The molecule has 1 heterocycles. The number of aliphatic imine (C=N–C) groups is 1. The Labute approximate surface area is 196 Å². The van der Waals surface area contributed by atoms with Gasteiger partial charge in [0.15, 0.2) is 17.5 Å². The highest BCUT2D eigenvalue weighted by Crippen LogP contribution is 2.30. The number of guanidine groups is 1. The standard InChI is InChI=1S/C23H31N3O3.HI/c1-4-28-19-13-15-26(16-14-19)23(24-2)25-17-18-9-11-20(12-10-18)29-22-8-6-5-7-21(22)27-3;/h5-12,19H,4,13-17H2,1-3H3,(H,24,25);1H. The van der Waals surface area contributed by atoms with E-state index in [-0.39, 0.29) is 24.0 Å². The second-order valence-corrected chi connectivity index (χ2v) is 6.94. The Balaban J connectivity index is 0.00000320. The maximum atomic E-state index is 5.94. The van der Waals surface area contributed by atoms with E-state index in [2.05, 4.69) is 34.3 Å². The van der Waals surface area contributed by atoms with Crippen molar-refractivity contribution >= 4 is 29.9 Å². The molecule has 0 aromatic heterocycles. The molecule has 0 aliphatic carbocycles. The lowest BCUT2D eigenvalue weighted by atomic mass is 10.1. The van der Waals surface area contributed by atoms with Gasteiger partial charge >= 0.3 is 0 Å². The van der Waals surface area contributed by atoms with Crippen molar-refractivity contribution in [2.45, 2.75) is 32.4 Å². The zero-order chi connectivity index (χ0) is 20.5. The fourth-order valence-corrected chi connectivity index (χ4v) is 3.49. The molecule has 164 valence electrons. The molecular weight excluding hydrogens is 493 g/mol. The van der Waals surface area contributed by atoms with Gasteiger partial charge in [0.1, 0.15) is 5.75 Å². The van der Waals surface area contributed by atoms with E-state index in [1.54, 1.807) is 7.11 Å². The molecule has 0 bridgehead atoms. The van der Waals surface area contributed by atoms with E-state index >= 15 is 0 Å². The van der Waals surface area contributed by atoms with Gasteiger partial charge in [0.05, 0.1) is 13.2 Å². The molecule has 7 heteroatoms. The van der Waals surface area contributed by atoms with Crippen LogP contribution in [0.4, 0.5) is 0 Å². The average Bonchev–Trinajstić information content (AvgIpc) is 2.77. The lowest BCUT2D eigenvalue weighted by Crippen LogP contribution is -2.46. The van der Waals surface area contributed by atoms with Gasteiger partial charge in [0.25, 0.3) is 0 Å². The second-order valence-electron chi connectivity index (χ2n) is 6.94. The van der Waals surface area contributed by atoms with Crippen LogP contribution in [0.25, 0.3) is 0 Å². The van der Waals surface area contributed by atoms with Crippen molar-refractivity contribution in [3.8, 4) is 17.2 Å². The van der Waals surface area contributed by atoms with Crippen molar-refractivity contribution in [3.63, 3.8) is 0 Å². The highest BCUT2D eigenvalue weighted by atomic mass is 127. The number of hydrogen-bond donors (Lipinski definition) is 1. The van der Waals surface area contributed by atoms with Crippen molar-refractivity contribution < 1.29 is 14.2 Å². The van der Waals surface area contributed by atoms with Gasteiger partial charge < -0.3 is 24.4 Å². The van der Waals surface area contributed by atoms with Crippen LogP contribution in [0.15, 0.2) is 53.5 Å². The highest BCUT2D eigenvalue weighted by Gasteiger charge is 2.21. The molecule has 0 saturated carbocycles. The average molecular weight is 525 g/mol. The molecule has 1 N–H and O–H groups in total. The van der Waals surface area contributed by atoms with Gasteiger partial charge in [-0.2, -0.15) is 0 Å². The molecule has 6 nitrogen and oxygen atoms in total. The summed E-state index contributed by atoms with van der Waals surface area (Å²) >= 11 is 0. The van der Waals surface area contributed by atoms with E-state index < -0.39 is 0 Å². The van der Waals surface area contributed by atoms with Gasteiger partial charge in [-0.25, -0.2) is 0 Å². The molecule has 30 heavy (non-hydrogen) atoms. The molecular formula is C23H32IN3O3. The number of piperidine rings is 1. The molecule has 1 saturated heterocycles. The van der Waals surface area contributed by atoms with E-state index in [0.29, 0.717) is 18.4 Å². The fraction of sp³-hybridized carbons (Fsp3) is 0.435. The minimum absolute atomic E-state index is 0. The summed E-state index contributed by atoms with van der Waals surface area (Å²) in [4.78, 5) is 6.74. The molecule has 0 radical (unpaired) electrons. The number of methoxy groups -OCH3 is 1. The quantitative estimate of drug-likeness (QED) is 0.323. The van der Waals surface area contributed by atoms with Crippen LogP contribution < -0.4 is 14.8 Å². The number of ether oxygens (including phenoxy) is 3. The predicted molar refractivity (Wildman–Crippen MR) is 131 cm³/mol. The first kappa shape index (κ1) is 24.3. The van der Waals surface area contributed by atoms with E-state index in [4.69, 9.17) is 14.2 Å². The fourth-order valence-electron chi connectivity index (χ4n) is 3.49. The zero-order valence-electron chi connectivity index (χ0n) is 18.0. The monoisotopic (exact) mass is 525 g/mol. The summed E-state index contributed by atoms with van der Waals surface area (Å²) in [6, 6.07) is 15.7. The molecule has 1 aliphatic rings.